The second-order valence-electron chi connectivity index (χ2n) is 9.04. The van der Waals surface area contributed by atoms with Gasteiger partial charge in [-0.05, 0) is 57.6 Å². The van der Waals surface area contributed by atoms with E-state index in [-0.39, 0.29) is 11.9 Å². The van der Waals surface area contributed by atoms with Crippen LogP contribution >= 0.6 is 0 Å². The molecule has 4 rings (SSSR count). The van der Waals surface area contributed by atoms with E-state index in [4.69, 9.17) is 4.74 Å². The van der Waals surface area contributed by atoms with E-state index in [0.29, 0.717) is 30.7 Å². The van der Waals surface area contributed by atoms with Crippen LogP contribution in [0.5, 0.6) is 0 Å². The van der Waals surface area contributed by atoms with Crippen molar-refractivity contribution < 1.29 is 9.53 Å². The number of benzene rings is 1. The highest BCUT2D eigenvalue weighted by Gasteiger charge is 2.35. The third-order valence-corrected chi connectivity index (χ3v) is 6.38. The minimum Gasteiger partial charge on any atom is -0.373 e. The smallest absolute Gasteiger partial charge is 0.234 e. The van der Waals surface area contributed by atoms with E-state index in [0.717, 1.165) is 26.2 Å². The predicted molar refractivity (Wildman–Crippen MR) is 111 cm³/mol. The Morgan fingerprint density at radius 3 is 2.54 bits per heavy atom. The van der Waals surface area contributed by atoms with Crippen LogP contribution < -0.4 is 5.32 Å². The number of amides is 1. The monoisotopic (exact) mass is 385 g/mol. The first-order valence-corrected chi connectivity index (χ1v) is 11.0. The molecular weight excluding hydrogens is 350 g/mol. The van der Waals surface area contributed by atoms with Gasteiger partial charge in [-0.25, -0.2) is 0 Å². The molecule has 1 aliphatic carbocycles. The van der Waals surface area contributed by atoms with Gasteiger partial charge >= 0.3 is 0 Å². The molecule has 3 fully saturated rings. The van der Waals surface area contributed by atoms with Gasteiger partial charge in [0.2, 0.25) is 5.91 Å². The van der Waals surface area contributed by atoms with Crippen molar-refractivity contribution in [1.82, 2.24) is 15.1 Å². The molecule has 4 unspecified atom stereocenters. The molecule has 1 aromatic carbocycles. The summed E-state index contributed by atoms with van der Waals surface area (Å²) in [5.74, 6) is 0.786. The molecule has 5 nitrogen and oxygen atoms in total. The number of carbonyl (C=O) groups is 1. The van der Waals surface area contributed by atoms with Gasteiger partial charge in [0, 0.05) is 25.7 Å². The van der Waals surface area contributed by atoms with Crippen molar-refractivity contribution in [2.24, 2.45) is 5.92 Å². The second-order valence-corrected chi connectivity index (χ2v) is 9.04. The molecule has 0 spiro atoms. The van der Waals surface area contributed by atoms with Gasteiger partial charge in [0.05, 0.1) is 24.8 Å². The van der Waals surface area contributed by atoms with E-state index in [2.05, 4.69) is 53.2 Å². The Labute approximate surface area is 169 Å². The number of hydrogen-bond acceptors (Lipinski definition) is 4. The molecule has 1 saturated carbocycles. The fourth-order valence-electron chi connectivity index (χ4n) is 5.01. The minimum atomic E-state index is 0.177. The highest BCUT2D eigenvalue weighted by Crippen LogP contribution is 2.40. The molecule has 0 aromatic heterocycles. The highest BCUT2D eigenvalue weighted by atomic mass is 16.5. The van der Waals surface area contributed by atoms with E-state index < -0.39 is 0 Å². The summed E-state index contributed by atoms with van der Waals surface area (Å²) in [5.41, 5.74) is 1.24. The van der Waals surface area contributed by atoms with Crippen LogP contribution in [0, 0.1) is 5.92 Å². The summed E-state index contributed by atoms with van der Waals surface area (Å²) < 4.78 is 5.87. The molecule has 1 amide bonds. The van der Waals surface area contributed by atoms with Crippen LogP contribution in [0.25, 0.3) is 0 Å². The average molecular weight is 386 g/mol. The summed E-state index contributed by atoms with van der Waals surface area (Å²) in [6.07, 6.45) is 5.43. The van der Waals surface area contributed by atoms with Gasteiger partial charge in [0.15, 0.2) is 0 Å². The van der Waals surface area contributed by atoms with Crippen LogP contribution in [0.15, 0.2) is 30.3 Å². The van der Waals surface area contributed by atoms with Crippen molar-refractivity contribution >= 4 is 5.91 Å². The Morgan fingerprint density at radius 1 is 1.14 bits per heavy atom. The summed E-state index contributed by atoms with van der Waals surface area (Å²) in [4.78, 5) is 17.8. The largest absolute Gasteiger partial charge is 0.373 e. The number of morpholine rings is 1. The van der Waals surface area contributed by atoms with Crippen molar-refractivity contribution in [3.8, 4) is 0 Å². The standard InChI is InChI=1S/C23H35N3O2/c1-17-13-25(14-18(2)28-17)15-21-9-6-12-26(21)16-22(27)24-23(20-10-11-20)19-7-4-3-5-8-19/h3-5,7-8,17-18,20-21,23H,6,9-16H2,1-2H3,(H,24,27). The molecule has 28 heavy (non-hydrogen) atoms. The van der Waals surface area contributed by atoms with Crippen molar-refractivity contribution in [3.05, 3.63) is 35.9 Å². The van der Waals surface area contributed by atoms with Gasteiger partial charge < -0.3 is 10.1 Å². The summed E-state index contributed by atoms with van der Waals surface area (Å²) in [5, 5.41) is 3.35. The summed E-state index contributed by atoms with van der Waals surface area (Å²) >= 11 is 0. The maximum absolute atomic E-state index is 12.9. The van der Waals surface area contributed by atoms with Crippen LogP contribution in [-0.4, -0.2) is 66.7 Å². The SMILES string of the molecule is CC1CN(CC2CCCN2CC(=O)NC(c2ccccc2)C2CC2)CC(C)O1. The van der Waals surface area contributed by atoms with E-state index in [1.54, 1.807) is 0 Å². The maximum atomic E-state index is 12.9. The van der Waals surface area contributed by atoms with Gasteiger partial charge in [-0.2, -0.15) is 0 Å². The number of rotatable bonds is 7. The topological polar surface area (TPSA) is 44.8 Å². The fourth-order valence-corrected chi connectivity index (χ4v) is 5.01. The molecule has 3 aliphatic rings. The van der Waals surface area contributed by atoms with Gasteiger partial charge in [-0.1, -0.05) is 30.3 Å². The Bertz CT molecular complexity index is 639. The molecule has 154 valence electrons. The van der Waals surface area contributed by atoms with Crippen molar-refractivity contribution in [2.45, 2.75) is 63.8 Å². The number of ether oxygens (including phenoxy) is 1. The van der Waals surface area contributed by atoms with Gasteiger partial charge in [-0.15, -0.1) is 0 Å². The zero-order valence-corrected chi connectivity index (χ0v) is 17.3. The number of nitrogens with zero attached hydrogens (tertiary/aromatic N) is 2. The zero-order chi connectivity index (χ0) is 19.5. The molecule has 1 aromatic rings. The molecule has 4 atom stereocenters. The zero-order valence-electron chi connectivity index (χ0n) is 17.3. The first-order valence-electron chi connectivity index (χ1n) is 11.0. The molecule has 0 bridgehead atoms. The van der Waals surface area contributed by atoms with Crippen LogP contribution in [0.4, 0.5) is 0 Å². The lowest BCUT2D eigenvalue weighted by molar-refractivity contribution is -0.123. The Morgan fingerprint density at radius 2 is 1.86 bits per heavy atom. The number of carbonyl (C=O) groups excluding carboxylic acids is 1. The first-order chi connectivity index (χ1) is 13.6. The number of likely N-dealkylation sites (tertiary alicyclic amines) is 1. The summed E-state index contributed by atoms with van der Waals surface area (Å²) in [7, 11) is 0. The van der Waals surface area contributed by atoms with Gasteiger partial charge in [0.1, 0.15) is 0 Å². The quantitative estimate of drug-likeness (QED) is 0.784. The fraction of sp³-hybridized carbons (Fsp3) is 0.696. The lowest BCUT2D eigenvalue weighted by Gasteiger charge is -2.38. The second kappa shape index (κ2) is 8.93. The van der Waals surface area contributed by atoms with Gasteiger partial charge in [-0.3, -0.25) is 14.6 Å². The van der Waals surface area contributed by atoms with Crippen LogP contribution in [0.1, 0.15) is 51.1 Å². The number of nitrogens with one attached hydrogen (secondary N) is 1. The van der Waals surface area contributed by atoms with Crippen molar-refractivity contribution in [3.63, 3.8) is 0 Å². The molecule has 2 aliphatic heterocycles. The Hall–Kier alpha value is -1.43. The maximum Gasteiger partial charge on any atom is 0.234 e. The number of hydrogen-bond donors (Lipinski definition) is 1. The van der Waals surface area contributed by atoms with Crippen molar-refractivity contribution in [2.75, 3.05) is 32.7 Å². The van der Waals surface area contributed by atoms with E-state index >= 15 is 0 Å². The van der Waals surface area contributed by atoms with Gasteiger partial charge in [0.25, 0.3) is 0 Å². The molecule has 1 N–H and O–H groups in total. The Balaban J connectivity index is 1.31. The molecular formula is C23H35N3O2. The van der Waals surface area contributed by atoms with E-state index in [1.165, 1.54) is 31.2 Å². The van der Waals surface area contributed by atoms with Crippen molar-refractivity contribution in [1.29, 1.82) is 0 Å². The minimum absolute atomic E-state index is 0.177. The Kier molecular flexibility index (Phi) is 6.34. The summed E-state index contributed by atoms with van der Waals surface area (Å²) in [6, 6.07) is 11.1. The average Bonchev–Trinajstić information content (AvgIpc) is 3.42. The first kappa shape index (κ1) is 19.9. The lowest BCUT2D eigenvalue weighted by atomic mass is 10.0. The van der Waals surface area contributed by atoms with E-state index in [9.17, 15) is 4.79 Å². The summed E-state index contributed by atoms with van der Waals surface area (Å²) in [6.45, 7) is 8.92. The normalized spacial score (nSPS) is 30.3. The van der Waals surface area contributed by atoms with Crippen LogP contribution in [0.3, 0.4) is 0 Å². The molecule has 0 radical (unpaired) electrons. The molecule has 5 heteroatoms. The van der Waals surface area contributed by atoms with Crippen LogP contribution in [-0.2, 0) is 9.53 Å². The van der Waals surface area contributed by atoms with E-state index in [1.807, 2.05) is 6.07 Å². The highest BCUT2D eigenvalue weighted by molar-refractivity contribution is 5.78. The third kappa shape index (κ3) is 5.13. The predicted octanol–water partition coefficient (Wildman–Crippen LogP) is 2.83. The van der Waals surface area contributed by atoms with Crippen LogP contribution in [0.2, 0.25) is 0 Å². The lowest BCUT2D eigenvalue weighted by Crippen LogP contribution is -2.51. The molecule has 2 saturated heterocycles. The molecule has 2 heterocycles. The third-order valence-electron chi connectivity index (χ3n) is 6.38.